The predicted molar refractivity (Wildman–Crippen MR) is 103 cm³/mol. The van der Waals surface area contributed by atoms with Gasteiger partial charge >= 0.3 is 0 Å². The molecule has 1 heterocycles. The van der Waals surface area contributed by atoms with Crippen molar-refractivity contribution in [2.45, 2.75) is 19.3 Å². The summed E-state index contributed by atoms with van der Waals surface area (Å²) >= 11 is 0. The van der Waals surface area contributed by atoms with Crippen molar-refractivity contribution in [3.63, 3.8) is 0 Å². The second-order valence-corrected chi connectivity index (χ2v) is 5.99. The SMILES string of the molecule is COc1cc(NC(=O)CCCc2ncc(-c3ccccc3)o2)cc(OC)c1. The molecule has 6 heteroatoms. The molecular weight excluding hydrogens is 344 g/mol. The smallest absolute Gasteiger partial charge is 0.224 e. The van der Waals surface area contributed by atoms with Crippen LogP contribution in [0.1, 0.15) is 18.7 Å². The van der Waals surface area contributed by atoms with Crippen LogP contribution in [0.3, 0.4) is 0 Å². The molecule has 0 spiro atoms. The van der Waals surface area contributed by atoms with Crippen LogP contribution in [-0.4, -0.2) is 25.1 Å². The van der Waals surface area contributed by atoms with Gasteiger partial charge in [0.25, 0.3) is 0 Å². The molecule has 0 aliphatic rings. The first-order valence-corrected chi connectivity index (χ1v) is 8.71. The number of nitrogens with one attached hydrogen (secondary N) is 1. The maximum atomic E-state index is 12.2. The highest BCUT2D eigenvalue weighted by Crippen LogP contribution is 2.26. The van der Waals surface area contributed by atoms with E-state index in [4.69, 9.17) is 13.9 Å². The predicted octanol–water partition coefficient (Wildman–Crippen LogP) is 4.32. The molecule has 0 unspecified atom stereocenters. The summed E-state index contributed by atoms with van der Waals surface area (Å²) in [5.41, 5.74) is 1.62. The minimum absolute atomic E-state index is 0.0832. The molecular formula is C21H22N2O4. The van der Waals surface area contributed by atoms with E-state index >= 15 is 0 Å². The van der Waals surface area contributed by atoms with E-state index in [9.17, 15) is 4.79 Å². The summed E-state index contributed by atoms with van der Waals surface area (Å²) in [5, 5.41) is 2.86. The normalized spacial score (nSPS) is 10.4. The minimum Gasteiger partial charge on any atom is -0.497 e. The molecule has 2 aromatic carbocycles. The van der Waals surface area contributed by atoms with Crippen molar-refractivity contribution in [3.8, 4) is 22.8 Å². The molecule has 1 amide bonds. The number of benzene rings is 2. The lowest BCUT2D eigenvalue weighted by Crippen LogP contribution is -2.11. The Kier molecular flexibility index (Phi) is 6.10. The van der Waals surface area contributed by atoms with Crippen LogP contribution in [0.2, 0.25) is 0 Å². The molecule has 3 rings (SSSR count). The van der Waals surface area contributed by atoms with Gasteiger partial charge in [-0.3, -0.25) is 4.79 Å². The Labute approximate surface area is 158 Å². The van der Waals surface area contributed by atoms with Gasteiger partial charge in [-0.15, -0.1) is 0 Å². The molecule has 0 fully saturated rings. The monoisotopic (exact) mass is 366 g/mol. The van der Waals surface area contributed by atoms with Gasteiger partial charge in [0.1, 0.15) is 11.5 Å². The van der Waals surface area contributed by atoms with Crippen LogP contribution in [0.4, 0.5) is 5.69 Å². The molecule has 0 bridgehead atoms. The summed E-state index contributed by atoms with van der Waals surface area (Å²) in [7, 11) is 3.14. The number of nitrogens with zero attached hydrogens (tertiary/aromatic N) is 1. The fourth-order valence-electron chi connectivity index (χ4n) is 2.66. The molecule has 0 aliphatic carbocycles. The number of hydrogen-bond acceptors (Lipinski definition) is 5. The maximum absolute atomic E-state index is 12.2. The van der Waals surface area contributed by atoms with Crippen molar-refractivity contribution in [1.29, 1.82) is 0 Å². The number of amides is 1. The number of oxazole rings is 1. The Hall–Kier alpha value is -3.28. The van der Waals surface area contributed by atoms with Crippen LogP contribution in [0.5, 0.6) is 11.5 Å². The molecule has 6 nitrogen and oxygen atoms in total. The second-order valence-electron chi connectivity index (χ2n) is 5.99. The Balaban J connectivity index is 1.51. The van der Waals surface area contributed by atoms with Gasteiger partial charge in [-0.1, -0.05) is 30.3 Å². The van der Waals surface area contributed by atoms with Crippen LogP contribution in [-0.2, 0) is 11.2 Å². The van der Waals surface area contributed by atoms with E-state index in [-0.39, 0.29) is 5.91 Å². The second kappa shape index (κ2) is 8.89. The summed E-state index contributed by atoms with van der Waals surface area (Å²) in [5.74, 6) is 2.53. The van der Waals surface area contributed by atoms with Crippen molar-refractivity contribution >= 4 is 11.6 Å². The standard InChI is InChI=1S/C21H22N2O4/c1-25-17-11-16(12-18(13-17)26-2)23-20(24)9-6-10-21-22-14-19(27-21)15-7-4-3-5-8-15/h3-5,7-8,11-14H,6,9-10H2,1-2H3,(H,23,24). The Morgan fingerprint density at radius 1 is 1.07 bits per heavy atom. The number of carbonyl (C=O) groups is 1. The molecule has 0 atom stereocenters. The first-order chi connectivity index (χ1) is 13.2. The molecule has 27 heavy (non-hydrogen) atoms. The van der Waals surface area contributed by atoms with Gasteiger partial charge in [0.05, 0.1) is 20.4 Å². The van der Waals surface area contributed by atoms with Gasteiger partial charge in [0, 0.05) is 42.3 Å². The first-order valence-electron chi connectivity index (χ1n) is 8.71. The first kappa shape index (κ1) is 18.5. The third-order valence-electron chi connectivity index (χ3n) is 4.04. The van der Waals surface area contributed by atoms with Crippen LogP contribution in [0.15, 0.2) is 59.1 Å². The summed E-state index contributed by atoms with van der Waals surface area (Å²) < 4.78 is 16.2. The number of hydrogen-bond donors (Lipinski definition) is 1. The average molecular weight is 366 g/mol. The van der Waals surface area contributed by atoms with E-state index in [1.54, 1.807) is 38.6 Å². The third-order valence-corrected chi connectivity index (χ3v) is 4.04. The number of aromatic nitrogens is 1. The highest BCUT2D eigenvalue weighted by Gasteiger charge is 2.09. The number of ether oxygens (including phenoxy) is 2. The Morgan fingerprint density at radius 2 is 1.78 bits per heavy atom. The Bertz CT molecular complexity index is 868. The van der Waals surface area contributed by atoms with Crippen LogP contribution < -0.4 is 14.8 Å². The van der Waals surface area contributed by atoms with Gasteiger partial charge in [-0.25, -0.2) is 4.98 Å². The van der Waals surface area contributed by atoms with Crippen LogP contribution >= 0.6 is 0 Å². The van der Waals surface area contributed by atoms with Gasteiger partial charge in [-0.2, -0.15) is 0 Å². The molecule has 1 N–H and O–H groups in total. The Morgan fingerprint density at radius 3 is 2.44 bits per heavy atom. The number of rotatable bonds is 8. The quantitative estimate of drug-likeness (QED) is 0.643. The molecule has 0 saturated heterocycles. The van der Waals surface area contributed by atoms with Crippen molar-refractivity contribution in [3.05, 3.63) is 60.6 Å². The largest absolute Gasteiger partial charge is 0.497 e. The number of methoxy groups -OCH3 is 2. The van der Waals surface area contributed by atoms with E-state index in [2.05, 4.69) is 10.3 Å². The molecule has 0 saturated carbocycles. The third kappa shape index (κ3) is 5.10. The lowest BCUT2D eigenvalue weighted by molar-refractivity contribution is -0.116. The summed E-state index contributed by atoms with van der Waals surface area (Å²) in [6.45, 7) is 0. The lowest BCUT2D eigenvalue weighted by Gasteiger charge is -2.09. The van der Waals surface area contributed by atoms with E-state index in [0.29, 0.717) is 42.3 Å². The van der Waals surface area contributed by atoms with Crippen molar-refractivity contribution in [2.75, 3.05) is 19.5 Å². The molecule has 140 valence electrons. The average Bonchev–Trinajstić information content (AvgIpc) is 3.17. The summed E-state index contributed by atoms with van der Waals surface area (Å²) in [4.78, 5) is 16.5. The maximum Gasteiger partial charge on any atom is 0.224 e. The number of anilines is 1. The van der Waals surface area contributed by atoms with Gasteiger partial charge < -0.3 is 19.2 Å². The van der Waals surface area contributed by atoms with E-state index in [1.165, 1.54) is 0 Å². The summed E-state index contributed by atoms with van der Waals surface area (Å²) in [6.07, 6.45) is 3.32. The number of aryl methyl sites for hydroxylation is 1. The molecule has 0 radical (unpaired) electrons. The summed E-state index contributed by atoms with van der Waals surface area (Å²) in [6, 6.07) is 15.1. The lowest BCUT2D eigenvalue weighted by atomic mass is 10.2. The highest BCUT2D eigenvalue weighted by atomic mass is 16.5. The molecule has 3 aromatic rings. The zero-order valence-electron chi connectivity index (χ0n) is 15.4. The molecule has 0 aliphatic heterocycles. The van der Waals surface area contributed by atoms with E-state index < -0.39 is 0 Å². The minimum atomic E-state index is -0.0832. The van der Waals surface area contributed by atoms with Crippen molar-refractivity contribution in [2.24, 2.45) is 0 Å². The number of carbonyl (C=O) groups excluding carboxylic acids is 1. The van der Waals surface area contributed by atoms with Crippen LogP contribution in [0, 0.1) is 0 Å². The fourth-order valence-corrected chi connectivity index (χ4v) is 2.66. The fraction of sp³-hybridized carbons (Fsp3) is 0.238. The topological polar surface area (TPSA) is 73.6 Å². The van der Waals surface area contributed by atoms with E-state index in [0.717, 1.165) is 11.3 Å². The highest BCUT2D eigenvalue weighted by molar-refractivity contribution is 5.91. The van der Waals surface area contributed by atoms with Gasteiger partial charge in [0.15, 0.2) is 11.7 Å². The van der Waals surface area contributed by atoms with E-state index in [1.807, 2.05) is 30.3 Å². The zero-order valence-corrected chi connectivity index (χ0v) is 15.4. The van der Waals surface area contributed by atoms with Gasteiger partial charge in [0.2, 0.25) is 5.91 Å². The van der Waals surface area contributed by atoms with Crippen molar-refractivity contribution in [1.82, 2.24) is 4.98 Å². The zero-order chi connectivity index (χ0) is 19.1. The van der Waals surface area contributed by atoms with Crippen LogP contribution in [0.25, 0.3) is 11.3 Å². The molecule has 1 aromatic heterocycles. The van der Waals surface area contributed by atoms with Gasteiger partial charge in [-0.05, 0) is 6.42 Å². The van der Waals surface area contributed by atoms with Crippen molar-refractivity contribution < 1.29 is 18.7 Å².